The van der Waals surface area contributed by atoms with E-state index in [9.17, 15) is 9.18 Å². The van der Waals surface area contributed by atoms with Crippen molar-refractivity contribution in [3.63, 3.8) is 0 Å². The highest BCUT2D eigenvalue weighted by molar-refractivity contribution is 6.01. The fourth-order valence-electron chi connectivity index (χ4n) is 3.88. The van der Waals surface area contributed by atoms with Crippen molar-refractivity contribution >= 4 is 17.3 Å². The molecule has 0 saturated heterocycles. The lowest BCUT2D eigenvalue weighted by atomic mass is 9.90. The van der Waals surface area contributed by atoms with Crippen molar-refractivity contribution in [3.05, 3.63) is 52.9 Å². The molecule has 2 aliphatic rings. The first kappa shape index (κ1) is 21.4. The van der Waals surface area contributed by atoms with Gasteiger partial charge in [0.25, 0.3) is 0 Å². The van der Waals surface area contributed by atoms with Gasteiger partial charge in [0.15, 0.2) is 5.78 Å². The third-order valence-corrected chi connectivity index (χ3v) is 5.40. The molecule has 1 aromatic heterocycles. The Hall–Kier alpha value is -2.80. The van der Waals surface area contributed by atoms with Gasteiger partial charge in [-0.15, -0.1) is 0 Å². The molecule has 3 heterocycles. The molecular weight excluding hydrogens is 395 g/mol. The van der Waals surface area contributed by atoms with Crippen LogP contribution in [-0.2, 0) is 6.54 Å². The molecule has 0 aliphatic carbocycles. The summed E-state index contributed by atoms with van der Waals surface area (Å²) >= 11 is 0. The molecule has 31 heavy (non-hydrogen) atoms. The molecule has 0 bridgehead atoms. The van der Waals surface area contributed by atoms with E-state index >= 15 is 0 Å². The van der Waals surface area contributed by atoms with Crippen LogP contribution >= 0.6 is 0 Å². The third kappa shape index (κ3) is 4.77. The number of ether oxygens (including phenoxy) is 1. The standard InChI is InChI=1S/C24H29FN4O2/c1-14-8-17(15-6-7-16-20(30)10-24(4,5)31-21(16)9-15)18-11-27-22(28-13-23(2,3)25)29-19(18)12-26-14/h6-9,11,14,26H,10,12-13H2,1-5H3,(H,27,28,29)/t14-/m1/s1. The lowest BCUT2D eigenvalue weighted by Gasteiger charge is -2.32. The largest absolute Gasteiger partial charge is 0.487 e. The number of aromatic nitrogens is 2. The zero-order valence-electron chi connectivity index (χ0n) is 18.7. The zero-order chi connectivity index (χ0) is 22.4. The number of fused-ring (bicyclic) bond motifs is 2. The number of benzene rings is 1. The second kappa shape index (κ2) is 7.71. The molecule has 0 saturated carbocycles. The van der Waals surface area contributed by atoms with Gasteiger partial charge in [-0.05, 0) is 57.9 Å². The van der Waals surface area contributed by atoms with Gasteiger partial charge in [-0.1, -0.05) is 12.1 Å². The van der Waals surface area contributed by atoms with E-state index in [0.717, 1.165) is 22.4 Å². The molecule has 2 N–H and O–H groups in total. The maximum Gasteiger partial charge on any atom is 0.223 e. The highest BCUT2D eigenvalue weighted by atomic mass is 19.1. The van der Waals surface area contributed by atoms with Gasteiger partial charge >= 0.3 is 0 Å². The monoisotopic (exact) mass is 424 g/mol. The maximum absolute atomic E-state index is 13.9. The summed E-state index contributed by atoms with van der Waals surface area (Å²) in [7, 11) is 0. The van der Waals surface area contributed by atoms with Gasteiger partial charge < -0.3 is 15.4 Å². The Morgan fingerprint density at radius 1 is 1.32 bits per heavy atom. The van der Waals surface area contributed by atoms with Crippen molar-refractivity contribution < 1.29 is 13.9 Å². The number of hydrogen-bond donors (Lipinski definition) is 2. The number of anilines is 1. The molecule has 164 valence electrons. The molecule has 7 heteroatoms. The molecule has 2 aliphatic heterocycles. The van der Waals surface area contributed by atoms with Gasteiger partial charge in [-0.25, -0.2) is 14.4 Å². The summed E-state index contributed by atoms with van der Waals surface area (Å²) in [6, 6.07) is 5.83. The number of alkyl halides is 1. The Labute approximate surface area is 182 Å². The van der Waals surface area contributed by atoms with Gasteiger partial charge in [0.2, 0.25) is 5.95 Å². The van der Waals surface area contributed by atoms with Crippen molar-refractivity contribution in [3.8, 4) is 5.75 Å². The molecule has 4 rings (SSSR count). The predicted octanol–water partition coefficient (Wildman–Crippen LogP) is 4.30. The highest BCUT2D eigenvalue weighted by Crippen LogP contribution is 2.37. The molecule has 0 unspecified atom stereocenters. The van der Waals surface area contributed by atoms with Gasteiger partial charge in [0.05, 0.1) is 24.2 Å². The molecule has 0 fully saturated rings. The van der Waals surface area contributed by atoms with Crippen LogP contribution < -0.4 is 15.4 Å². The lowest BCUT2D eigenvalue weighted by molar-refractivity contribution is 0.0620. The van der Waals surface area contributed by atoms with Crippen LogP contribution in [0, 0.1) is 0 Å². The number of hydrogen-bond acceptors (Lipinski definition) is 6. The van der Waals surface area contributed by atoms with Crippen molar-refractivity contribution in [1.82, 2.24) is 15.3 Å². The molecule has 0 spiro atoms. The Balaban J connectivity index is 1.72. The van der Waals surface area contributed by atoms with Gasteiger partial charge in [-0.2, -0.15) is 0 Å². The molecule has 2 aromatic rings. The van der Waals surface area contributed by atoms with Gasteiger partial charge in [0, 0.05) is 24.3 Å². The summed E-state index contributed by atoms with van der Waals surface area (Å²) in [6.07, 6.45) is 4.27. The van der Waals surface area contributed by atoms with E-state index in [-0.39, 0.29) is 18.4 Å². The smallest absolute Gasteiger partial charge is 0.223 e. The Morgan fingerprint density at radius 2 is 2.10 bits per heavy atom. The summed E-state index contributed by atoms with van der Waals surface area (Å²) in [6.45, 7) is 9.65. The van der Waals surface area contributed by atoms with Crippen LogP contribution in [0.1, 0.15) is 68.2 Å². The second-order valence-corrected chi connectivity index (χ2v) is 9.55. The van der Waals surface area contributed by atoms with Crippen molar-refractivity contribution in [2.24, 2.45) is 0 Å². The predicted molar refractivity (Wildman–Crippen MR) is 119 cm³/mol. The molecular formula is C24H29FN4O2. The quantitative estimate of drug-likeness (QED) is 0.762. The van der Waals surface area contributed by atoms with Crippen LogP contribution in [0.2, 0.25) is 0 Å². The minimum absolute atomic E-state index is 0.0953. The summed E-state index contributed by atoms with van der Waals surface area (Å²) in [4.78, 5) is 21.6. The Kier molecular flexibility index (Phi) is 5.33. The first-order valence-electron chi connectivity index (χ1n) is 10.6. The Bertz CT molecular complexity index is 1060. The maximum atomic E-state index is 13.9. The van der Waals surface area contributed by atoms with Crippen LogP contribution in [-0.4, -0.2) is 39.6 Å². The first-order chi connectivity index (χ1) is 14.5. The Morgan fingerprint density at radius 3 is 2.84 bits per heavy atom. The fraction of sp³-hybridized carbons (Fsp3) is 0.458. The summed E-state index contributed by atoms with van der Waals surface area (Å²) in [5, 5.41) is 6.40. The lowest BCUT2D eigenvalue weighted by Crippen LogP contribution is -2.35. The van der Waals surface area contributed by atoms with E-state index < -0.39 is 11.3 Å². The molecule has 1 aromatic carbocycles. The van der Waals surface area contributed by atoms with Crippen LogP contribution in [0.4, 0.5) is 10.3 Å². The number of Topliss-reactive ketones (excluding diaryl/α,β-unsaturated/α-hetero) is 1. The van der Waals surface area contributed by atoms with Crippen molar-refractivity contribution in [2.45, 2.75) is 64.9 Å². The number of halogens is 1. The van der Waals surface area contributed by atoms with Crippen molar-refractivity contribution in [1.29, 1.82) is 0 Å². The number of nitrogens with zero attached hydrogens (tertiary/aromatic N) is 2. The van der Waals surface area contributed by atoms with E-state index in [1.807, 2.05) is 32.0 Å². The summed E-state index contributed by atoms with van der Waals surface area (Å²) < 4.78 is 20.0. The highest BCUT2D eigenvalue weighted by Gasteiger charge is 2.33. The van der Waals surface area contributed by atoms with E-state index in [4.69, 9.17) is 4.74 Å². The number of ketones is 1. The molecule has 0 amide bonds. The first-order valence-corrected chi connectivity index (χ1v) is 10.6. The molecule has 1 atom stereocenters. The number of rotatable bonds is 4. The topological polar surface area (TPSA) is 76.1 Å². The van der Waals surface area contributed by atoms with E-state index in [2.05, 4.69) is 33.6 Å². The average molecular weight is 425 g/mol. The molecule has 0 radical (unpaired) electrons. The third-order valence-electron chi connectivity index (χ3n) is 5.40. The number of nitrogens with one attached hydrogen (secondary N) is 2. The van der Waals surface area contributed by atoms with Crippen LogP contribution in [0.25, 0.3) is 5.57 Å². The fourth-order valence-corrected chi connectivity index (χ4v) is 3.88. The summed E-state index contributed by atoms with van der Waals surface area (Å²) in [5.74, 6) is 1.11. The van der Waals surface area contributed by atoms with Crippen LogP contribution in [0.5, 0.6) is 5.75 Å². The zero-order valence-corrected chi connectivity index (χ0v) is 18.7. The van der Waals surface area contributed by atoms with Crippen molar-refractivity contribution in [2.75, 3.05) is 11.9 Å². The minimum atomic E-state index is -1.36. The minimum Gasteiger partial charge on any atom is -0.487 e. The normalized spacial score (nSPS) is 20.1. The van der Waals surface area contributed by atoms with E-state index in [1.54, 1.807) is 6.20 Å². The number of carbonyl (C=O) groups is 1. The number of carbonyl (C=O) groups excluding carboxylic acids is 1. The SMILES string of the molecule is C[C@@H]1C=C(c2ccc3c(c2)OC(C)(C)CC3=O)c2cnc(NCC(C)(C)F)nc2CN1. The van der Waals surface area contributed by atoms with E-state index in [0.29, 0.717) is 30.2 Å². The summed E-state index contributed by atoms with van der Waals surface area (Å²) in [5.41, 5.74) is 2.39. The van der Waals surface area contributed by atoms with E-state index in [1.165, 1.54) is 13.8 Å². The van der Waals surface area contributed by atoms with Crippen LogP contribution in [0.15, 0.2) is 30.5 Å². The second-order valence-electron chi connectivity index (χ2n) is 9.55. The van der Waals surface area contributed by atoms with Gasteiger partial charge in [0.1, 0.15) is 17.0 Å². The average Bonchev–Trinajstić information content (AvgIpc) is 2.83. The van der Waals surface area contributed by atoms with Crippen LogP contribution in [0.3, 0.4) is 0 Å². The molecule has 6 nitrogen and oxygen atoms in total. The van der Waals surface area contributed by atoms with Gasteiger partial charge in [-0.3, -0.25) is 4.79 Å².